The van der Waals surface area contributed by atoms with Crippen molar-refractivity contribution in [1.82, 2.24) is 0 Å². The monoisotopic (exact) mass is 353 g/mol. The standard InChI is InChI=1S/C17H17Cl2NO3/c1-2-22-10-9-17(21)20-15-11-13(19)5-8-16(15)23-14-6-3-12(18)4-7-14/h3-8,11H,2,9-10H2,1H3,(H,20,21). The molecule has 0 spiro atoms. The summed E-state index contributed by atoms with van der Waals surface area (Å²) in [6, 6.07) is 12.0. The Morgan fingerprint density at radius 2 is 1.78 bits per heavy atom. The maximum Gasteiger partial charge on any atom is 0.226 e. The van der Waals surface area contributed by atoms with Gasteiger partial charge in [0, 0.05) is 16.7 Å². The van der Waals surface area contributed by atoms with E-state index >= 15 is 0 Å². The van der Waals surface area contributed by atoms with Crippen LogP contribution >= 0.6 is 23.2 Å². The quantitative estimate of drug-likeness (QED) is 0.700. The third-order valence-electron chi connectivity index (χ3n) is 2.93. The number of amides is 1. The second-order valence-corrected chi connectivity index (χ2v) is 5.56. The highest BCUT2D eigenvalue weighted by atomic mass is 35.5. The SMILES string of the molecule is CCOCCC(=O)Nc1cc(Cl)ccc1Oc1ccc(Cl)cc1. The average molecular weight is 354 g/mol. The van der Waals surface area contributed by atoms with E-state index in [4.69, 9.17) is 32.7 Å². The molecule has 0 saturated heterocycles. The van der Waals surface area contributed by atoms with Crippen molar-refractivity contribution in [1.29, 1.82) is 0 Å². The molecular weight excluding hydrogens is 337 g/mol. The molecule has 0 heterocycles. The van der Waals surface area contributed by atoms with Gasteiger partial charge in [0.1, 0.15) is 5.75 Å². The van der Waals surface area contributed by atoms with Crippen LogP contribution in [0.15, 0.2) is 42.5 Å². The van der Waals surface area contributed by atoms with Gasteiger partial charge >= 0.3 is 0 Å². The van der Waals surface area contributed by atoms with Crippen LogP contribution in [-0.4, -0.2) is 19.1 Å². The molecule has 0 saturated carbocycles. The lowest BCUT2D eigenvalue weighted by Crippen LogP contribution is -2.14. The molecule has 2 aromatic carbocycles. The van der Waals surface area contributed by atoms with E-state index in [0.29, 0.717) is 40.4 Å². The van der Waals surface area contributed by atoms with E-state index in [-0.39, 0.29) is 12.3 Å². The summed E-state index contributed by atoms with van der Waals surface area (Å²) in [5, 5.41) is 3.92. The Labute approximate surface area is 145 Å². The van der Waals surface area contributed by atoms with Crippen molar-refractivity contribution in [3.63, 3.8) is 0 Å². The highest BCUT2D eigenvalue weighted by Crippen LogP contribution is 2.32. The van der Waals surface area contributed by atoms with Crippen LogP contribution in [0.2, 0.25) is 10.0 Å². The van der Waals surface area contributed by atoms with E-state index in [1.807, 2.05) is 6.92 Å². The molecule has 0 aliphatic heterocycles. The highest BCUT2D eigenvalue weighted by Gasteiger charge is 2.10. The zero-order valence-corrected chi connectivity index (χ0v) is 14.2. The fourth-order valence-electron chi connectivity index (χ4n) is 1.84. The van der Waals surface area contributed by atoms with E-state index in [0.717, 1.165) is 0 Å². The number of halogens is 2. The van der Waals surface area contributed by atoms with Crippen molar-refractivity contribution in [3.8, 4) is 11.5 Å². The van der Waals surface area contributed by atoms with Crippen LogP contribution in [0.1, 0.15) is 13.3 Å². The van der Waals surface area contributed by atoms with Crippen molar-refractivity contribution in [3.05, 3.63) is 52.5 Å². The van der Waals surface area contributed by atoms with Gasteiger partial charge in [-0.05, 0) is 49.4 Å². The van der Waals surface area contributed by atoms with Crippen molar-refractivity contribution in [2.45, 2.75) is 13.3 Å². The van der Waals surface area contributed by atoms with E-state index in [9.17, 15) is 4.79 Å². The Bertz CT molecular complexity index is 659. The van der Waals surface area contributed by atoms with Crippen LogP contribution in [0.3, 0.4) is 0 Å². The summed E-state index contributed by atoms with van der Waals surface area (Å²) in [6.45, 7) is 2.83. The molecule has 0 aliphatic rings. The van der Waals surface area contributed by atoms with Crippen LogP contribution in [0.25, 0.3) is 0 Å². The van der Waals surface area contributed by atoms with E-state index < -0.39 is 0 Å². The first-order valence-corrected chi connectivity index (χ1v) is 7.94. The summed E-state index contributed by atoms with van der Waals surface area (Å²) in [4.78, 5) is 11.9. The van der Waals surface area contributed by atoms with Crippen LogP contribution in [0.4, 0.5) is 5.69 Å². The molecule has 1 amide bonds. The van der Waals surface area contributed by atoms with Gasteiger partial charge in [-0.1, -0.05) is 23.2 Å². The van der Waals surface area contributed by atoms with Gasteiger partial charge in [-0.2, -0.15) is 0 Å². The van der Waals surface area contributed by atoms with Crippen LogP contribution < -0.4 is 10.1 Å². The first-order valence-electron chi connectivity index (χ1n) is 7.19. The molecule has 2 aromatic rings. The second-order valence-electron chi connectivity index (χ2n) is 4.69. The summed E-state index contributed by atoms with van der Waals surface area (Å²) in [5.41, 5.74) is 0.508. The van der Waals surface area contributed by atoms with Crippen molar-refractivity contribution < 1.29 is 14.3 Å². The predicted molar refractivity (Wildman–Crippen MR) is 92.7 cm³/mol. The van der Waals surface area contributed by atoms with Gasteiger partial charge in [0.2, 0.25) is 5.91 Å². The average Bonchev–Trinajstić information content (AvgIpc) is 2.52. The number of hydrogen-bond acceptors (Lipinski definition) is 3. The number of carbonyl (C=O) groups excluding carboxylic acids is 1. The number of benzene rings is 2. The topological polar surface area (TPSA) is 47.6 Å². The fourth-order valence-corrected chi connectivity index (χ4v) is 2.14. The molecule has 23 heavy (non-hydrogen) atoms. The van der Waals surface area contributed by atoms with Gasteiger partial charge in [0.25, 0.3) is 0 Å². The Morgan fingerprint density at radius 3 is 2.48 bits per heavy atom. The zero-order valence-electron chi connectivity index (χ0n) is 12.6. The first-order chi connectivity index (χ1) is 11.1. The van der Waals surface area contributed by atoms with Gasteiger partial charge in [0.15, 0.2) is 5.75 Å². The predicted octanol–water partition coefficient (Wildman–Crippen LogP) is 5.15. The number of nitrogens with one attached hydrogen (secondary N) is 1. The van der Waals surface area contributed by atoms with Gasteiger partial charge in [-0.25, -0.2) is 0 Å². The summed E-state index contributed by atoms with van der Waals surface area (Å²) in [5.74, 6) is 0.949. The zero-order chi connectivity index (χ0) is 16.7. The van der Waals surface area contributed by atoms with Crippen molar-refractivity contribution in [2.75, 3.05) is 18.5 Å². The molecule has 0 fully saturated rings. The lowest BCUT2D eigenvalue weighted by atomic mass is 10.2. The number of rotatable bonds is 7. The first kappa shape index (κ1) is 17.6. The van der Waals surface area contributed by atoms with Crippen LogP contribution in [0.5, 0.6) is 11.5 Å². The Balaban J connectivity index is 2.10. The molecule has 4 nitrogen and oxygen atoms in total. The molecule has 6 heteroatoms. The van der Waals surface area contributed by atoms with Gasteiger partial charge < -0.3 is 14.8 Å². The largest absolute Gasteiger partial charge is 0.455 e. The molecule has 122 valence electrons. The Kier molecular flexibility index (Phi) is 6.71. The number of hydrogen-bond donors (Lipinski definition) is 1. The maximum atomic E-state index is 11.9. The molecule has 1 N–H and O–H groups in total. The van der Waals surface area contributed by atoms with Crippen LogP contribution in [-0.2, 0) is 9.53 Å². The molecule has 2 rings (SSSR count). The summed E-state index contributed by atoms with van der Waals surface area (Å²) in [6.07, 6.45) is 0.265. The van der Waals surface area contributed by atoms with E-state index in [1.165, 1.54) is 0 Å². The summed E-state index contributed by atoms with van der Waals surface area (Å²) >= 11 is 11.9. The molecule has 0 bridgehead atoms. The minimum Gasteiger partial charge on any atom is -0.455 e. The van der Waals surface area contributed by atoms with E-state index in [1.54, 1.807) is 42.5 Å². The molecular formula is C17H17Cl2NO3. The maximum absolute atomic E-state index is 11.9. The Hall–Kier alpha value is -1.75. The summed E-state index contributed by atoms with van der Waals surface area (Å²) in [7, 11) is 0. The highest BCUT2D eigenvalue weighted by molar-refractivity contribution is 6.31. The lowest BCUT2D eigenvalue weighted by molar-refractivity contribution is -0.117. The molecule has 0 radical (unpaired) electrons. The molecule has 0 atom stereocenters. The van der Waals surface area contributed by atoms with Crippen LogP contribution in [0, 0.1) is 0 Å². The molecule has 0 unspecified atom stereocenters. The minimum atomic E-state index is -0.165. The van der Waals surface area contributed by atoms with Gasteiger partial charge in [0.05, 0.1) is 18.7 Å². The second kappa shape index (κ2) is 8.77. The fraction of sp³-hybridized carbons (Fsp3) is 0.235. The number of ether oxygens (including phenoxy) is 2. The van der Waals surface area contributed by atoms with Crippen molar-refractivity contribution >= 4 is 34.8 Å². The smallest absolute Gasteiger partial charge is 0.226 e. The lowest BCUT2D eigenvalue weighted by Gasteiger charge is -2.13. The molecule has 0 aliphatic carbocycles. The number of anilines is 1. The van der Waals surface area contributed by atoms with Gasteiger partial charge in [-0.3, -0.25) is 4.79 Å². The van der Waals surface area contributed by atoms with E-state index in [2.05, 4.69) is 5.32 Å². The number of carbonyl (C=O) groups is 1. The van der Waals surface area contributed by atoms with Crippen molar-refractivity contribution in [2.24, 2.45) is 0 Å². The minimum absolute atomic E-state index is 0.165. The third-order valence-corrected chi connectivity index (χ3v) is 3.42. The summed E-state index contributed by atoms with van der Waals surface area (Å²) < 4.78 is 11.0. The van der Waals surface area contributed by atoms with Gasteiger partial charge in [-0.15, -0.1) is 0 Å². The Morgan fingerprint density at radius 1 is 1.09 bits per heavy atom. The normalized spacial score (nSPS) is 10.4. The molecule has 0 aromatic heterocycles. The third kappa shape index (κ3) is 5.75.